The zero-order chi connectivity index (χ0) is 21.6. The summed E-state index contributed by atoms with van der Waals surface area (Å²) < 4.78 is 7.03. The van der Waals surface area contributed by atoms with Crippen LogP contribution in [-0.2, 0) is 4.79 Å². The van der Waals surface area contributed by atoms with Crippen molar-refractivity contribution in [1.82, 2.24) is 20.2 Å². The topological polar surface area (TPSA) is 81.9 Å². The minimum atomic E-state index is -0.554. The van der Waals surface area contributed by atoms with E-state index in [1.807, 2.05) is 85.8 Å². The molecule has 1 aromatic heterocycles. The Balaban J connectivity index is 1.66. The minimum Gasteiger partial charge on any atom is -0.494 e. The number of hydrogen-bond acceptors (Lipinski definition) is 6. The zero-order valence-electron chi connectivity index (χ0n) is 17.1. The molecule has 1 N–H and O–H groups in total. The van der Waals surface area contributed by atoms with Gasteiger partial charge >= 0.3 is 0 Å². The van der Waals surface area contributed by atoms with Crippen LogP contribution in [0.4, 0.5) is 5.69 Å². The lowest BCUT2D eigenvalue weighted by molar-refractivity contribution is -0.115. The molecule has 0 spiro atoms. The van der Waals surface area contributed by atoms with Gasteiger partial charge in [-0.2, -0.15) is 4.68 Å². The fourth-order valence-electron chi connectivity index (χ4n) is 3.06. The summed E-state index contributed by atoms with van der Waals surface area (Å²) in [4.78, 5) is 13.3. The maximum Gasteiger partial charge on any atom is 0.242 e. The number of ether oxygens (including phenoxy) is 1. The molecule has 3 aromatic carbocycles. The number of nitrogens with one attached hydrogen (secondary N) is 1. The number of anilines is 1. The van der Waals surface area contributed by atoms with E-state index in [2.05, 4.69) is 20.8 Å². The number of amides is 1. The van der Waals surface area contributed by atoms with Crippen molar-refractivity contribution < 1.29 is 9.53 Å². The van der Waals surface area contributed by atoms with E-state index < -0.39 is 5.25 Å². The molecule has 0 saturated heterocycles. The summed E-state index contributed by atoms with van der Waals surface area (Å²) in [6.07, 6.45) is 0. The summed E-state index contributed by atoms with van der Waals surface area (Å²) in [7, 11) is 1.60. The largest absolute Gasteiger partial charge is 0.494 e. The van der Waals surface area contributed by atoms with Crippen molar-refractivity contribution in [3.63, 3.8) is 0 Å². The van der Waals surface area contributed by atoms with Crippen LogP contribution in [0.5, 0.6) is 5.75 Å². The Morgan fingerprint density at radius 2 is 1.71 bits per heavy atom. The van der Waals surface area contributed by atoms with E-state index in [-0.39, 0.29) is 5.91 Å². The first-order valence-electron chi connectivity index (χ1n) is 9.66. The van der Waals surface area contributed by atoms with Crippen LogP contribution in [0.3, 0.4) is 0 Å². The number of nitrogens with zero attached hydrogens (tertiary/aromatic N) is 4. The summed E-state index contributed by atoms with van der Waals surface area (Å²) >= 11 is 1.28. The fraction of sp³-hybridized carbons (Fsp3) is 0.130. The standard InChI is InChI=1S/C23H21N5O2S/c1-16-12-14-18(15-13-16)24-22(29)21(17-8-4-3-5-9-17)31-23-25-26-27-28(23)19-10-6-7-11-20(19)30-2/h3-15,21H,1-2H3,(H,24,29). The van der Waals surface area contributed by atoms with Gasteiger partial charge in [0.2, 0.25) is 11.1 Å². The summed E-state index contributed by atoms with van der Waals surface area (Å²) in [6.45, 7) is 2.01. The van der Waals surface area contributed by atoms with E-state index in [1.165, 1.54) is 11.8 Å². The van der Waals surface area contributed by atoms with Crippen LogP contribution in [0.15, 0.2) is 84.0 Å². The van der Waals surface area contributed by atoms with Crippen molar-refractivity contribution in [3.05, 3.63) is 90.0 Å². The maximum atomic E-state index is 13.3. The van der Waals surface area contributed by atoms with E-state index in [4.69, 9.17) is 4.74 Å². The number of carbonyl (C=O) groups excluding carboxylic acids is 1. The summed E-state index contributed by atoms with van der Waals surface area (Å²) in [5.41, 5.74) is 3.42. The highest BCUT2D eigenvalue weighted by Crippen LogP contribution is 2.36. The summed E-state index contributed by atoms with van der Waals surface area (Å²) in [5.74, 6) is 0.478. The second-order valence-electron chi connectivity index (χ2n) is 6.81. The normalized spacial score (nSPS) is 11.7. The number of thioether (sulfide) groups is 1. The molecule has 8 heteroatoms. The van der Waals surface area contributed by atoms with E-state index in [9.17, 15) is 4.79 Å². The van der Waals surface area contributed by atoms with Gasteiger partial charge in [-0.3, -0.25) is 4.79 Å². The lowest BCUT2D eigenvalue weighted by atomic mass is 10.1. The predicted octanol–water partition coefficient (Wildman–Crippen LogP) is 4.45. The van der Waals surface area contributed by atoms with Gasteiger partial charge < -0.3 is 10.1 Å². The van der Waals surface area contributed by atoms with Gasteiger partial charge in [-0.25, -0.2) is 0 Å². The Hall–Kier alpha value is -3.65. The smallest absolute Gasteiger partial charge is 0.242 e. The minimum absolute atomic E-state index is 0.158. The highest BCUT2D eigenvalue weighted by Gasteiger charge is 2.26. The van der Waals surface area contributed by atoms with Gasteiger partial charge in [0.05, 0.1) is 7.11 Å². The molecule has 1 unspecified atom stereocenters. The molecule has 0 saturated carbocycles. The first-order valence-corrected chi connectivity index (χ1v) is 10.5. The van der Waals surface area contributed by atoms with Gasteiger partial charge in [0.1, 0.15) is 16.7 Å². The van der Waals surface area contributed by atoms with Crippen LogP contribution in [-0.4, -0.2) is 33.2 Å². The first kappa shape index (κ1) is 20.6. The van der Waals surface area contributed by atoms with Crippen LogP contribution in [0.25, 0.3) is 5.69 Å². The number of carbonyl (C=O) groups is 1. The summed E-state index contributed by atoms with van der Waals surface area (Å²) in [5, 5.41) is 15.0. The Bertz CT molecular complexity index is 1160. The zero-order valence-corrected chi connectivity index (χ0v) is 17.9. The van der Waals surface area contributed by atoms with Gasteiger partial charge in [0.15, 0.2) is 0 Å². The monoisotopic (exact) mass is 431 g/mol. The van der Waals surface area contributed by atoms with Crippen LogP contribution in [0.1, 0.15) is 16.4 Å². The van der Waals surface area contributed by atoms with E-state index >= 15 is 0 Å². The SMILES string of the molecule is COc1ccccc1-n1nnnc1SC(C(=O)Nc1ccc(C)cc1)c1ccccc1. The Morgan fingerprint density at radius 1 is 1.00 bits per heavy atom. The van der Waals surface area contributed by atoms with E-state index in [0.717, 1.165) is 16.8 Å². The molecule has 4 aromatic rings. The second kappa shape index (κ2) is 9.44. The average Bonchev–Trinajstić information content (AvgIpc) is 3.27. The van der Waals surface area contributed by atoms with E-state index in [0.29, 0.717) is 16.6 Å². The number of benzene rings is 3. The van der Waals surface area contributed by atoms with Crippen molar-refractivity contribution in [2.24, 2.45) is 0 Å². The van der Waals surface area contributed by atoms with Crippen molar-refractivity contribution in [1.29, 1.82) is 0 Å². The Labute approximate surface area is 184 Å². The molecule has 0 aliphatic rings. The number of tetrazole rings is 1. The third-order valence-corrected chi connectivity index (χ3v) is 5.82. The van der Waals surface area contributed by atoms with Crippen molar-refractivity contribution >= 4 is 23.4 Å². The lowest BCUT2D eigenvalue weighted by Crippen LogP contribution is -2.19. The third-order valence-electron chi connectivity index (χ3n) is 4.64. The molecule has 1 heterocycles. The average molecular weight is 432 g/mol. The highest BCUT2D eigenvalue weighted by atomic mass is 32.2. The molecular formula is C23H21N5O2S. The second-order valence-corrected chi connectivity index (χ2v) is 7.88. The van der Waals surface area contributed by atoms with Gasteiger partial charge in [-0.15, -0.1) is 5.10 Å². The van der Waals surface area contributed by atoms with Crippen LogP contribution in [0.2, 0.25) is 0 Å². The van der Waals surface area contributed by atoms with E-state index in [1.54, 1.807) is 11.8 Å². The van der Waals surface area contributed by atoms with Crippen LogP contribution >= 0.6 is 11.8 Å². The lowest BCUT2D eigenvalue weighted by Gasteiger charge is -2.17. The molecule has 4 rings (SSSR count). The van der Waals surface area contributed by atoms with Crippen molar-refractivity contribution in [2.75, 3.05) is 12.4 Å². The number of rotatable bonds is 7. The highest BCUT2D eigenvalue weighted by molar-refractivity contribution is 8.00. The van der Waals surface area contributed by atoms with Gasteiger partial charge in [0, 0.05) is 5.69 Å². The molecular weight excluding hydrogens is 410 g/mol. The number of aryl methyl sites for hydroxylation is 1. The van der Waals surface area contributed by atoms with Gasteiger partial charge in [-0.1, -0.05) is 71.9 Å². The molecule has 1 atom stereocenters. The fourth-order valence-corrected chi connectivity index (χ4v) is 4.05. The first-order chi connectivity index (χ1) is 15.2. The Kier molecular flexibility index (Phi) is 6.28. The van der Waals surface area contributed by atoms with Gasteiger partial charge in [0.25, 0.3) is 0 Å². The summed E-state index contributed by atoms with van der Waals surface area (Å²) in [6, 6.07) is 24.7. The van der Waals surface area contributed by atoms with Crippen molar-refractivity contribution in [3.8, 4) is 11.4 Å². The molecule has 1 amide bonds. The molecule has 156 valence electrons. The quantitative estimate of drug-likeness (QED) is 0.435. The van der Waals surface area contributed by atoms with Crippen molar-refractivity contribution in [2.45, 2.75) is 17.3 Å². The molecule has 0 aliphatic heterocycles. The number of hydrogen-bond donors (Lipinski definition) is 1. The molecule has 0 fully saturated rings. The van der Waals surface area contributed by atoms with Gasteiger partial charge in [-0.05, 0) is 47.2 Å². The molecule has 7 nitrogen and oxygen atoms in total. The molecule has 31 heavy (non-hydrogen) atoms. The molecule has 0 aliphatic carbocycles. The van der Waals surface area contributed by atoms with Crippen LogP contribution in [0, 0.1) is 6.92 Å². The number of para-hydroxylation sites is 2. The number of aromatic nitrogens is 4. The Morgan fingerprint density at radius 3 is 2.45 bits per heavy atom. The third kappa shape index (κ3) is 4.75. The molecule has 0 bridgehead atoms. The molecule has 0 radical (unpaired) electrons. The number of methoxy groups -OCH3 is 1. The predicted molar refractivity (Wildman–Crippen MR) is 121 cm³/mol. The maximum absolute atomic E-state index is 13.3. The van der Waals surface area contributed by atoms with Crippen LogP contribution < -0.4 is 10.1 Å².